The van der Waals surface area contributed by atoms with E-state index >= 15 is 0 Å². The number of hydrogen-bond donors (Lipinski definition) is 2. The summed E-state index contributed by atoms with van der Waals surface area (Å²) in [5, 5.41) is 19.8. The van der Waals surface area contributed by atoms with Gasteiger partial charge in [0.25, 0.3) is 5.56 Å². The Morgan fingerprint density at radius 3 is 2.27 bits per heavy atom. The molecule has 0 amide bonds. The van der Waals surface area contributed by atoms with Gasteiger partial charge in [0.15, 0.2) is 17.3 Å². The Morgan fingerprint density at radius 1 is 0.867 bits per heavy atom. The van der Waals surface area contributed by atoms with Crippen LogP contribution in [0.2, 0.25) is 0 Å². The molecule has 2 heterocycles. The molecule has 0 spiro atoms. The van der Waals surface area contributed by atoms with Gasteiger partial charge in [0.1, 0.15) is 5.82 Å². The number of ketones is 1. The molecule has 2 atom stereocenters. The largest absolute Gasteiger partial charge is 0.504 e. The van der Waals surface area contributed by atoms with E-state index in [0.717, 1.165) is 4.57 Å². The first kappa shape index (κ1) is 18.1. The lowest BCUT2D eigenvalue weighted by atomic mass is 9.76. The SMILES string of the molecule is Cn1c2c(c(=O)n(C)c1=O)[C@H](c1ccc(O)c(O)c1)[C@H]1C(=O)c3ccccc3C1=N2. The van der Waals surface area contributed by atoms with Gasteiger partial charge in [-0.3, -0.25) is 18.7 Å². The van der Waals surface area contributed by atoms with E-state index in [1.807, 2.05) is 0 Å². The van der Waals surface area contributed by atoms with Crippen molar-refractivity contribution in [3.63, 3.8) is 0 Å². The average molecular weight is 403 g/mol. The van der Waals surface area contributed by atoms with Crippen LogP contribution in [-0.2, 0) is 14.1 Å². The summed E-state index contributed by atoms with van der Waals surface area (Å²) in [7, 11) is 2.90. The zero-order chi connectivity index (χ0) is 21.3. The van der Waals surface area contributed by atoms with Crippen molar-refractivity contribution in [3.05, 3.63) is 85.6 Å². The Labute approximate surface area is 170 Å². The number of Topliss-reactive ketones (excluding diaryl/α,β-unsaturated/α-hetero) is 1. The van der Waals surface area contributed by atoms with E-state index in [4.69, 9.17) is 0 Å². The molecule has 3 aromatic rings. The minimum Gasteiger partial charge on any atom is -0.504 e. The highest BCUT2D eigenvalue weighted by molar-refractivity contribution is 6.30. The summed E-state index contributed by atoms with van der Waals surface area (Å²) in [4.78, 5) is 43.6. The van der Waals surface area contributed by atoms with Crippen molar-refractivity contribution in [2.24, 2.45) is 25.0 Å². The average Bonchev–Trinajstić information content (AvgIpc) is 3.03. The molecular formula is C22H17N3O5. The maximum Gasteiger partial charge on any atom is 0.332 e. The second-order valence-corrected chi connectivity index (χ2v) is 7.55. The predicted molar refractivity (Wildman–Crippen MR) is 109 cm³/mol. The van der Waals surface area contributed by atoms with Crippen LogP contribution in [0.1, 0.15) is 33.0 Å². The van der Waals surface area contributed by atoms with Crippen molar-refractivity contribution in [2.75, 3.05) is 0 Å². The minimum atomic E-state index is -0.774. The van der Waals surface area contributed by atoms with Crippen LogP contribution in [0, 0.1) is 5.92 Å². The molecule has 1 aliphatic heterocycles. The summed E-state index contributed by atoms with van der Waals surface area (Å²) in [6, 6.07) is 11.3. The molecule has 1 aromatic heterocycles. The van der Waals surface area contributed by atoms with Gasteiger partial charge in [-0.1, -0.05) is 30.3 Å². The van der Waals surface area contributed by atoms with Crippen LogP contribution in [-0.4, -0.2) is 30.8 Å². The molecule has 0 unspecified atom stereocenters. The zero-order valence-corrected chi connectivity index (χ0v) is 16.2. The summed E-state index contributed by atoms with van der Waals surface area (Å²) in [5.41, 5.74) is 1.27. The molecule has 0 bridgehead atoms. The van der Waals surface area contributed by atoms with Crippen molar-refractivity contribution in [1.82, 2.24) is 9.13 Å². The Kier molecular flexibility index (Phi) is 3.64. The van der Waals surface area contributed by atoms with Crippen LogP contribution in [0.15, 0.2) is 57.0 Å². The number of carbonyl (C=O) groups excluding carboxylic acids is 1. The molecule has 2 aliphatic rings. The van der Waals surface area contributed by atoms with Gasteiger partial charge in [-0.15, -0.1) is 0 Å². The van der Waals surface area contributed by atoms with Crippen molar-refractivity contribution < 1.29 is 15.0 Å². The Bertz CT molecular complexity index is 1410. The number of aromatic hydroxyl groups is 2. The number of phenolic OH excluding ortho intramolecular Hbond substituents is 2. The molecule has 0 radical (unpaired) electrons. The summed E-state index contributed by atoms with van der Waals surface area (Å²) in [5.74, 6) is -2.20. The number of aliphatic imine (C=N–C) groups is 1. The molecule has 8 heteroatoms. The van der Waals surface area contributed by atoms with Crippen LogP contribution in [0.25, 0.3) is 0 Å². The van der Waals surface area contributed by atoms with E-state index in [-0.39, 0.29) is 28.7 Å². The van der Waals surface area contributed by atoms with Crippen LogP contribution >= 0.6 is 0 Å². The van der Waals surface area contributed by atoms with Crippen molar-refractivity contribution in [2.45, 2.75) is 5.92 Å². The third-order valence-electron chi connectivity index (χ3n) is 5.94. The van der Waals surface area contributed by atoms with Gasteiger partial charge in [-0.2, -0.15) is 0 Å². The number of benzene rings is 2. The first-order chi connectivity index (χ1) is 14.3. The van der Waals surface area contributed by atoms with E-state index < -0.39 is 23.1 Å². The molecule has 5 rings (SSSR count). The molecule has 8 nitrogen and oxygen atoms in total. The van der Waals surface area contributed by atoms with E-state index in [2.05, 4.69) is 4.99 Å². The van der Waals surface area contributed by atoms with E-state index in [1.54, 1.807) is 30.3 Å². The summed E-state index contributed by atoms with van der Waals surface area (Å²) in [6.45, 7) is 0. The Hall–Kier alpha value is -3.94. The third-order valence-corrected chi connectivity index (χ3v) is 5.94. The standard InChI is InChI=1S/C22H17N3O5/c1-24-20-17(21(29)25(2)22(24)30)15(10-7-8-13(26)14(27)9-10)16-18(23-20)11-5-3-4-6-12(11)19(16)28/h3-9,15-16,26-27H,1-2H3/t15-,16-/m1/s1. The molecule has 30 heavy (non-hydrogen) atoms. The van der Waals surface area contributed by atoms with Crippen molar-refractivity contribution >= 4 is 17.3 Å². The third kappa shape index (κ3) is 2.21. The molecule has 1 aliphatic carbocycles. The van der Waals surface area contributed by atoms with Gasteiger partial charge in [0.2, 0.25) is 0 Å². The summed E-state index contributed by atoms with van der Waals surface area (Å²) < 4.78 is 2.28. The minimum absolute atomic E-state index is 0.177. The van der Waals surface area contributed by atoms with Crippen LogP contribution in [0.4, 0.5) is 5.82 Å². The highest BCUT2D eigenvalue weighted by Gasteiger charge is 2.47. The lowest BCUT2D eigenvalue weighted by Crippen LogP contribution is -2.43. The highest BCUT2D eigenvalue weighted by Crippen LogP contribution is 2.47. The zero-order valence-electron chi connectivity index (χ0n) is 16.2. The maximum atomic E-state index is 13.4. The Morgan fingerprint density at radius 2 is 1.57 bits per heavy atom. The van der Waals surface area contributed by atoms with Gasteiger partial charge in [0, 0.05) is 31.1 Å². The van der Waals surface area contributed by atoms with Gasteiger partial charge in [0.05, 0.1) is 17.2 Å². The fourth-order valence-electron chi connectivity index (χ4n) is 4.46. The predicted octanol–water partition coefficient (Wildman–Crippen LogP) is 1.57. The van der Waals surface area contributed by atoms with Crippen LogP contribution < -0.4 is 11.2 Å². The first-order valence-electron chi connectivity index (χ1n) is 9.35. The molecular weight excluding hydrogens is 386 g/mol. The maximum absolute atomic E-state index is 13.4. The molecule has 150 valence electrons. The molecule has 2 N–H and O–H groups in total. The lowest BCUT2D eigenvalue weighted by molar-refractivity contribution is 0.0953. The number of hydrogen-bond acceptors (Lipinski definition) is 6. The van der Waals surface area contributed by atoms with Gasteiger partial charge in [-0.25, -0.2) is 9.79 Å². The molecule has 0 saturated heterocycles. The van der Waals surface area contributed by atoms with Gasteiger partial charge < -0.3 is 10.2 Å². The molecule has 2 aromatic carbocycles. The smallest absolute Gasteiger partial charge is 0.332 e. The summed E-state index contributed by atoms with van der Waals surface area (Å²) >= 11 is 0. The monoisotopic (exact) mass is 403 g/mol. The van der Waals surface area contributed by atoms with Crippen molar-refractivity contribution in [1.29, 1.82) is 0 Å². The number of nitrogens with zero attached hydrogens (tertiary/aromatic N) is 3. The number of rotatable bonds is 1. The highest BCUT2D eigenvalue weighted by atomic mass is 16.3. The van der Waals surface area contributed by atoms with Crippen molar-refractivity contribution in [3.8, 4) is 11.5 Å². The fourth-order valence-corrected chi connectivity index (χ4v) is 4.46. The molecule has 0 fully saturated rings. The van der Waals surface area contributed by atoms with Crippen LogP contribution in [0.5, 0.6) is 11.5 Å². The lowest BCUT2D eigenvalue weighted by Gasteiger charge is -2.30. The molecule has 0 saturated carbocycles. The van der Waals surface area contributed by atoms with Gasteiger partial charge in [-0.05, 0) is 17.7 Å². The second-order valence-electron chi connectivity index (χ2n) is 7.55. The Balaban J connectivity index is 1.91. The number of aromatic nitrogens is 2. The number of phenols is 2. The van der Waals surface area contributed by atoms with E-state index in [1.165, 1.54) is 30.8 Å². The fraction of sp³-hybridized carbons (Fsp3) is 0.182. The normalized spacial score (nSPS) is 19.1. The van der Waals surface area contributed by atoms with Crippen LogP contribution in [0.3, 0.4) is 0 Å². The topological polar surface area (TPSA) is 114 Å². The quantitative estimate of drug-likeness (QED) is 0.599. The van der Waals surface area contributed by atoms with Gasteiger partial charge >= 0.3 is 5.69 Å². The summed E-state index contributed by atoms with van der Waals surface area (Å²) in [6.07, 6.45) is 0. The first-order valence-corrected chi connectivity index (χ1v) is 9.35. The number of carbonyl (C=O) groups is 1. The second kappa shape index (κ2) is 6.03. The van der Waals surface area contributed by atoms with E-state index in [9.17, 15) is 24.6 Å². The number of fused-ring (bicyclic) bond motifs is 4. The van der Waals surface area contributed by atoms with E-state index in [0.29, 0.717) is 22.4 Å².